The minimum atomic E-state index is -0.221. The molecule has 1 aromatic rings. The van der Waals surface area contributed by atoms with Gasteiger partial charge in [-0.25, -0.2) is 4.79 Å². The molecule has 0 N–H and O–H groups in total. The van der Waals surface area contributed by atoms with Crippen LogP contribution in [-0.4, -0.2) is 16.8 Å². The van der Waals surface area contributed by atoms with Gasteiger partial charge in [0.1, 0.15) is 6.10 Å². The molecule has 0 bridgehead atoms. The van der Waals surface area contributed by atoms with Crippen LogP contribution in [0.2, 0.25) is 0 Å². The van der Waals surface area contributed by atoms with E-state index in [9.17, 15) is 4.79 Å². The highest BCUT2D eigenvalue weighted by molar-refractivity contribution is 8.00. The molecule has 0 radical (unpaired) electrons. The van der Waals surface area contributed by atoms with Crippen molar-refractivity contribution >= 4 is 17.7 Å². The van der Waals surface area contributed by atoms with E-state index in [4.69, 9.17) is 4.74 Å². The van der Waals surface area contributed by atoms with Crippen LogP contribution in [-0.2, 0) is 15.3 Å². The molecule has 0 saturated carbocycles. The summed E-state index contributed by atoms with van der Waals surface area (Å²) in [7, 11) is 0. The Bertz CT molecular complexity index is 461. The van der Waals surface area contributed by atoms with Gasteiger partial charge in [0, 0.05) is 17.7 Å². The molecule has 0 amide bonds. The van der Waals surface area contributed by atoms with Crippen LogP contribution in [0.1, 0.15) is 38.7 Å². The number of thioether (sulfide) groups is 1. The molecule has 1 saturated heterocycles. The van der Waals surface area contributed by atoms with Crippen LogP contribution in [0, 0.1) is 0 Å². The first kappa shape index (κ1) is 15.2. The number of esters is 1. The molecule has 1 aliphatic rings. The number of hydrogen-bond donors (Lipinski definition) is 0. The summed E-state index contributed by atoms with van der Waals surface area (Å²) in [6, 6.07) is 10.4. The lowest BCUT2D eigenvalue weighted by Crippen LogP contribution is -2.38. The summed E-state index contributed by atoms with van der Waals surface area (Å²) in [6.45, 7) is 8.16. The Morgan fingerprint density at radius 1 is 1.30 bits per heavy atom. The number of benzene rings is 1. The summed E-state index contributed by atoms with van der Waals surface area (Å²) < 4.78 is 5.54. The third-order valence-corrected chi connectivity index (χ3v) is 6.02. The number of ether oxygens (including phenoxy) is 1. The maximum Gasteiger partial charge on any atom is 0.333 e. The molecular formula is C17H22O2S. The molecule has 1 unspecified atom stereocenters. The van der Waals surface area contributed by atoms with Crippen molar-refractivity contribution in [3.8, 4) is 0 Å². The Hall–Kier alpha value is -1.22. The third kappa shape index (κ3) is 3.09. The quantitative estimate of drug-likeness (QED) is 0.575. The molecule has 0 aromatic heterocycles. The van der Waals surface area contributed by atoms with Gasteiger partial charge < -0.3 is 4.74 Å². The lowest BCUT2D eigenvalue weighted by Gasteiger charge is -2.35. The summed E-state index contributed by atoms with van der Waals surface area (Å²) >= 11 is 1.91. The van der Waals surface area contributed by atoms with Gasteiger partial charge >= 0.3 is 5.97 Å². The van der Waals surface area contributed by atoms with E-state index in [1.807, 2.05) is 17.8 Å². The summed E-state index contributed by atoms with van der Waals surface area (Å²) in [6.07, 6.45) is 2.62. The normalized spacial score (nSPS) is 19.2. The molecule has 1 heterocycles. The van der Waals surface area contributed by atoms with Crippen LogP contribution in [0.25, 0.3) is 0 Å². The van der Waals surface area contributed by atoms with Gasteiger partial charge in [-0.15, -0.1) is 11.8 Å². The van der Waals surface area contributed by atoms with Crippen LogP contribution < -0.4 is 0 Å². The van der Waals surface area contributed by atoms with Crippen molar-refractivity contribution in [1.82, 2.24) is 0 Å². The van der Waals surface area contributed by atoms with Crippen molar-refractivity contribution in [3.63, 3.8) is 0 Å². The zero-order valence-corrected chi connectivity index (χ0v) is 13.0. The lowest BCUT2D eigenvalue weighted by molar-refractivity contribution is -0.140. The zero-order valence-electron chi connectivity index (χ0n) is 12.2. The molecule has 3 heteroatoms. The summed E-state index contributed by atoms with van der Waals surface area (Å²) in [5, 5.41) is 0. The van der Waals surface area contributed by atoms with Gasteiger partial charge in [-0.3, -0.25) is 0 Å². The fraction of sp³-hybridized carbons (Fsp3) is 0.471. The second kappa shape index (κ2) is 6.49. The maximum absolute atomic E-state index is 11.6. The van der Waals surface area contributed by atoms with Gasteiger partial charge in [-0.1, -0.05) is 50.8 Å². The minimum absolute atomic E-state index is 0.00899. The highest BCUT2D eigenvalue weighted by Gasteiger charge is 2.43. The number of cyclic esters (lactones) is 1. The predicted molar refractivity (Wildman–Crippen MR) is 84.7 cm³/mol. The summed E-state index contributed by atoms with van der Waals surface area (Å²) in [4.78, 5) is 11.6. The van der Waals surface area contributed by atoms with Gasteiger partial charge in [-0.2, -0.15) is 0 Å². The van der Waals surface area contributed by atoms with Crippen molar-refractivity contribution in [2.45, 2.75) is 49.7 Å². The summed E-state index contributed by atoms with van der Waals surface area (Å²) in [5.74, 6) is 0.727. The highest BCUT2D eigenvalue weighted by Crippen LogP contribution is 2.43. The van der Waals surface area contributed by atoms with Crippen molar-refractivity contribution < 1.29 is 9.53 Å². The number of hydrogen-bond acceptors (Lipinski definition) is 3. The molecule has 1 aliphatic heterocycles. The number of carbonyl (C=O) groups excluding carboxylic acids is 1. The third-order valence-electron chi connectivity index (χ3n) is 4.12. The molecule has 2 rings (SSSR count). The topological polar surface area (TPSA) is 26.3 Å². The largest absolute Gasteiger partial charge is 0.457 e. The SMILES string of the molecule is C=C1CC(C(CC)(CC)SCc2ccccc2)OC1=O. The summed E-state index contributed by atoms with van der Waals surface area (Å²) in [5.41, 5.74) is 1.92. The van der Waals surface area contributed by atoms with E-state index >= 15 is 0 Å². The molecule has 1 atom stereocenters. The fourth-order valence-corrected chi connectivity index (χ4v) is 4.03. The van der Waals surface area contributed by atoms with E-state index in [0.717, 1.165) is 18.6 Å². The van der Waals surface area contributed by atoms with Crippen LogP contribution in [0.15, 0.2) is 42.5 Å². The molecule has 2 nitrogen and oxygen atoms in total. The van der Waals surface area contributed by atoms with Gasteiger partial charge in [0.2, 0.25) is 0 Å². The average molecular weight is 290 g/mol. The van der Waals surface area contributed by atoms with E-state index in [-0.39, 0.29) is 16.8 Å². The molecule has 1 aromatic carbocycles. The monoisotopic (exact) mass is 290 g/mol. The Morgan fingerprint density at radius 3 is 2.45 bits per heavy atom. The smallest absolute Gasteiger partial charge is 0.333 e. The molecule has 0 spiro atoms. The number of rotatable bonds is 6. The Labute approximate surface area is 125 Å². The fourth-order valence-electron chi connectivity index (χ4n) is 2.66. The Balaban J connectivity index is 2.09. The minimum Gasteiger partial charge on any atom is -0.457 e. The van der Waals surface area contributed by atoms with Crippen molar-refractivity contribution in [2.24, 2.45) is 0 Å². The van der Waals surface area contributed by atoms with Gasteiger partial charge in [0.05, 0.1) is 4.75 Å². The second-order valence-electron chi connectivity index (χ2n) is 5.25. The first-order valence-electron chi connectivity index (χ1n) is 7.18. The molecular weight excluding hydrogens is 268 g/mol. The van der Waals surface area contributed by atoms with Crippen molar-refractivity contribution in [1.29, 1.82) is 0 Å². The average Bonchev–Trinajstić information content (AvgIpc) is 2.82. The number of carbonyl (C=O) groups is 1. The van der Waals surface area contributed by atoms with E-state index in [1.165, 1.54) is 5.56 Å². The van der Waals surface area contributed by atoms with Crippen LogP contribution >= 0.6 is 11.8 Å². The van der Waals surface area contributed by atoms with Gasteiger partial charge in [-0.05, 0) is 18.4 Å². The van der Waals surface area contributed by atoms with E-state index in [2.05, 4.69) is 44.7 Å². The standard InChI is InChI=1S/C17H22O2S/c1-4-17(5-2,15-11-13(3)16(18)19-15)20-12-14-9-7-6-8-10-14/h6-10,15H,3-5,11-12H2,1-2H3. The molecule has 0 aliphatic carbocycles. The van der Waals surface area contributed by atoms with E-state index in [1.54, 1.807) is 0 Å². The first-order chi connectivity index (χ1) is 9.61. The second-order valence-corrected chi connectivity index (χ2v) is 6.64. The van der Waals surface area contributed by atoms with Crippen LogP contribution in [0.3, 0.4) is 0 Å². The lowest BCUT2D eigenvalue weighted by atomic mass is 9.92. The van der Waals surface area contributed by atoms with E-state index < -0.39 is 0 Å². The predicted octanol–water partition coefficient (Wildman–Crippen LogP) is 4.35. The van der Waals surface area contributed by atoms with Gasteiger partial charge in [0.15, 0.2) is 0 Å². The Morgan fingerprint density at radius 2 is 1.95 bits per heavy atom. The van der Waals surface area contributed by atoms with Gasteiger partial charge in [0.25, 0.3) is 0 Å². The highest BCUT2D eigenvalue weighted by atomic mass is 32.2. The van der Waals surface area contributed by atoms with Crippen molar-refractivity contribution in [2.75, 3.05) is 0 Å². The molecule has 20 heavy (non-hydrogen) atoms. The van der Waals surface area contributed by atoms with Crippen molar-refractivity contribution in [3.05, 3.63) is 48.0 Å². The maximum atomic E-state index is 11.6. The van der Waals surface area contributed by atoms with E-state index in [0.29, 0.717) is 12.0 Å². The van der Waals surface area contributed by atoms with Crippen LogP contribution in [0.5, 0.6) is 0 Å². The molecule has 108 valence electrons. The zero-order chi connectivity index (χ0) is 14.6. The molecule has 1 fully saturated rings. The van der Waals surface area contributed by atoms with Crippen LogP contribution in [0.4, 0.5) is 0 Å². The Kier molecular flexibility index (Phi) is 4.92. The first-order valence-corrected chi connectivity index (χ1v) is 8.16.